The molecule has 0 saturated carbocycles. The Bertz CT molecular complexity index is 1490. The molecule has 178 valence electrons. The van der Waals surface area contributed by atoms with Gasteiger partial charge in [0, 0.05) is 39.9 Å². The molecular formula is C28H19ClN2O5. The number of nitro groups is 1. The van der Waals surface area contributed by atoms with Gasteiger partial charge in [0.05, 0.1) is 17.0 Å². The van der Waals surface area contributed by atoms with E-state index in [4.69, 9.17) is 11.6 Å². The third kappa shape index (κ3) is 2.77. The van der Waals surface area contributed by atoms with E-state index < -0.39 is 28.3 Å². The van der Waals surface area contributed by atoms with E-state index in [2.05, 4.69) is 0 Å². The molecule has 3 aromatic rings. The highest BCUT2D eigenvalue weighted by Gasteiger charge is 2.71. The Hall–Kier alpha value is -4.10. The fraction of sp³-hybridized carbons (Fsp3) is 0.179. The number of hydrogen-bond donors (Lipinski definition) is 0. The van der Waals surface area contributed by atoms with Gasteiger partial charge < -0.3 is 4.90 Å². The van der Waals surface area contributed by atoms with Gasteiger partial charge in [0.2, 0.25) is 0 Å². The smallest absolute Gasteiger partial charge is 0.269 e. The highest BCUT2D eigenvalue weighted by atomic mass is 35.5. The van der Waals surface area contributed by atoms with E-state index >= 15 is 0 Å². The summed E-state index contributed by atoms with van der Waals surface area (Å²) in [5, 5.41) is 11.8. The van der Waals surface area contributed by atoms with E-state index in [1.165, 1.54) is 19.1 Å². The standard InChI is InChI=1S/C28H19ClN2O5/c1-15(32)25-24(16-6-10-19(11-7-16)31(35)36)28(26(33)20-4-2-3-5-21(20)27(28)34)23-13-8-17-14-18(29)9-12-22(17)30(23)25/h2-14,23-25H,1H3/t23-,24-,25-/m0/s1. The van der Waals surface area contributed by atoms with Crippen LogP contribution in [0.5, 0.6) is 0 Å². The van der Waals surface area contributed by atoms with Gasteiger partial charge in [-0.25, -0.2) is 0 Å². The van der Waals surface area contributed by atoms with Gasteiger partial charge in [-0.1, -0.05) is 60.2 Å². The van der Waals surface area contributed by atoms with Crippen LogP contribution in [0.3, 0.4) is 0 Å². The average Bonchev–Trinajstić information content (AvgIpc) is 3.30. The Kier molecular flexibility index (Phi) is 4.78. The van der Waals surface area contributed by atoms with E-state index in [0.29, 0.717) is 27.4 Å². The summed E-state index contributed by atoms with van der Waals surface area (Å²) in [6.07, 6.45) is 3.64. The van der Waals surface area contributed by atoms with Crippen LogP contribution in [0.2, 0.25) is 5.02 Å². The molecule has 0 amide bonds. The second-order valence-electron chi connectivity index (χ2n) is 9.37. The number of nitrogens with zero attached hydrogens (tertiary/aromatic N) is 2. The molecular weight excluding hydrogens is 480 g/mol. The first-order valence-corrected chi connectivity index (χ1v) is 11.8. The molecule has 0 aromatic heterocycles. The summed E-state index contributed by atoms with van der Waals surface area (Å²) in [4.78, 5) is 54.5. The number of rotatable bonds is 3. The Labute approximate surface area is 211 Å². The van der Waals surface area contributed by atoms with E-state index in [1.807, 2.05) is 17.1 Å². The first-order valence-electron chi connectivity index (χ1n) is 11.5. The molecule has 0 radical (unpaired) electrons. The fourth-order valence-corrected chi connectivity index (χ4v) is 6.46. The molecule has 0 bridgehead atoms. The number of benzene rings is 3. The van der Waals surface area contributed by atoms with E-state index in [1.54, 1.807) is 54.6 Å². The van der Waals surface area contributed by atoms with Crippen LogP contribution in [-0.2, 0) is 4.79 Å². The van der Waals surface area contributed by atoms with Crippen molar-refractivity contribution in [3.05, 3.63) is 110 Å². The van der Waals surface area contributed by atoms with Crippen molar-refractivity contribution in [1.29, 1.82) is 0 Å². The summed E-state index contributed by atoms with van der Waals surface area (Å²) >= 11 is 6.23. The molecule has 2 heterocycles. The largest absolute Gasteiger partial charge is 0.352 e. The van der Waals surface area contributed by atoms with Crippen molar-refractivity contribution in [2.75, 3.05) is 4.90 Å². The van der Waals surface area contributed by atoms with Crippen LogP contribution in [0, 0.1) is 15.5 Å². The van der Waals surface area contributed by atoms with Crippen molar-refractivity contribution in [1.82, 2.24) is 0 Å². The predicted molar refractivity (Wildman–Crippen MR) is 135 cm³/mol. The van der Waals surface area contributed by atoms with E-state index in [-0.39, 0.29) is 23.0 Å². The predicted octanol–water partition coefficient (Wildman–Crippen LogP) is 5.27. The maximum atomic E-state index is 14.3. The summed E-state index contributed by atoms with van der Waals surface area (Å²) in [6, 6.07) is 16.2. The molecule has 7 nitrogen and oxygen atoms in total. The number of carbonyl (C=O) groups excluding carboxylic acids is 3. The highest BCUT2D eigenvalue weighted by molar-refractivity contribution is 6.32. The molecule has 8 heteroatoms. The summed E-state index contributed by atoms with van der Waals surface area (Å²) in [5.74, 6) is -1.76. The van der Waals surface area contributed by atoms with Crippen molar-refractivity contribution in [3.63, 3.8) is 0 Å². The van der Waals surface area contributed by atoms with Crippen LogP contribution >= 0.6 is 11.6 Å². The third-order valence-corrected chi connectivity index (χ3v) is 7.88. The minimum atomic E-state index is -1.61. The second-order valence-corrected chi connectivity index (χ2v) is 9.81. The van der Waals surface area contributed by atoms with Crippen molar-refractivity contribution < 1.29 is 19.3 Å². The number of fused-ring (bicyclic) bond motifs is 5. The van der Waals surface area contributed by atoms with E-state index in [0.717, 1.165) is 5.56 Å². The fourth-order valence-electron chi connectivity index (χ4n) is 6.28. The number of halogens is 1. The number of hydrogen-bond acceptors (Lipinski definition) is 6. The van der Waals surface area contributed by atoms with Gasteiger partial charge in [0.15, 0.2) is 17.3 Å². The third-order valence-electron chi connectivity index (χ3n) is 7.65. The lowest BCUT2D eigenvalue weighted by Crippen LogP contribution is -2.48. The lowest BCUT2D eigenvalue weighted by molar-refractivity contribution is -0.384. The molecule has 1 saturated heterocycles. The molecule has 3 aromatic carbocycles. The Morgan fingerprint density at radius 2 is 1.64 bits per heavy atom. The molecule has 1 aliphatic carbocycles. The van der Waals surface area contributed by atoms with Crippen LogP contribution in [0.25, 0.3) is 6.08 Å². The van der Waals surface area contributed by atoms with Gasteiger partial charge in [0.1, 0.15) is 5.41 Å². The zero-order chi connectivity index (χ0) is 25.4. The van der Waals surface area contributed by atoms with Crippen molar-refractivity contribution in [3.8, 4) is 0 Å². The van der Waals surface area contributed by atoms with Crippen LogP contribution in [0.1, 0.15) is 44.7 Å². The maximum Gasteiger partial charge on any atom is 0.269 e. The number of ketones is 3. The summed E-state index contributed by atoms with van der Waals surface area (Å²) in [6.45, 7) is 1.45. The van der Waals surface area contributed by atoms with Gasteiger partial charge in [0.25, 0.3) is 5.69 Å². The number of carbonyl (C=O) groups is 3. The Morgan fingerprint density at radius 1 is 1.00 bits per heavy atom. The number of anilines is 1. The summed E-state index contributed by atoms with van der Waals surface area (Å²) in [7, 11) is 0. The minimum Gasteiger partial charge on any atom is -0.352 e. The molecule has 1 spiro atoms. The lowest BCUT2D eigenvalue weighted by atomic mass is 9.64. The van der Waals surface area contributed by atoms with Crippen molar-refractivity contribution >= 4 is 46.4 Å². The first kappa shape index (κ1) is 22.4. The van der Waals surface area contributed by atoms with Crippen LogP contribution in [0.15, 0.2) is 72.8 Å². The number of non-ortho nitro benzene ring substituents is 1. The lowest BCUT2D eigenvalue weighted by Gasteiger charge is -2.37. The Balaban J connectivity index is 1.66. The minimum absolute atomic E-state index is 0.116. The van der Waals surface area contributed by atoms with Gasteiger partial charge in [-0.2, -0.15) is 0 Å². The second kappa shape index (κ2) is 7.70. The van der Waals surface area contributed by atoms with Crippen LogP contribution < -0.4 is 4.90 Å². The summed E-state index contributed by atoms with van der Waals surface area (Å²) in [5.41, 5.74) is 0.933. The SMILES string of the molecule is CC(=O)[C@H]1[C@H](c2ccc([N+](=O)[O-])cc2)C2(C(=O)c3ccccc3C2=O)[C@@H]2C=Cc3cc(Cl)ccc3N21. The highest BCUT2D eigenvalue weighted by Crippen LogP contribution is 2.60. The quantitative estimate of drug-likeness (QED) is 0.277. The molecule has 3 atom stereocenters. The van der Waals surface area contributed by atoms with Gasteiger partial charge in [-0.05, 0) is 36.2 Å². The normalized spacial score (nSPS) is 22.9. The number of nitro benzene ring substituents is 1. The van der Waals surface area contributed by atoms with Crippen molar-refractivity contribution in [2.45, 2.75) is 24.9 Å². The van der Waals surface area contributed by atoms with Crippen LogP contribution in [0.4, 0.5) is 11.4 Å². The number of Topliss-reactive ketones (excluding diaryl/α,β-unsaturated/α-hetero) is 3. The Morgan fingerprint density at radius 3 is 2.22 bits per heavy atom. The van der Waals surface area contributed by atoms with Gasteiger partial charge in [-0.15, -0.1) is 0 Å². The summed E-state index contributed by atoms with van der Waals surface area (Å²) < 4.78 is 0. The first-order chi connectivity index (χ1) is 17.3. The zero-order valence-corrected chi connectivity index (χ0v) is 19.8. The zero-order valence-electron chi connectivity index (χ0n) is 19.1. The van der Waals surface area contributed by atoms with Gasteiger partial charge in [-0.3, -0.25) is 24.5 Å². The molecule has 3 aliphatic rings. The molecule has 1 fully saturated rings. The van der Waals surface area contributed by atoms with E-state index in [9.17, 15) is 24.5 Å². The van der Waals surface area contributed by atoms with Gasteiger partial charge >= 0.3 is 0 Å². The molecule has 36 heavy (non-hydrogen) atoms. The molecule has 0 unspecified atom stereocenters. The molecule has 2 aliphatic heterocycles. The van der Waals surface area contributed by atoms with Crippen molar-refractivity contribution in [2.24, 2.45) is 5.41 Å². The molecule has 6 rings (SSSR count). The maximum absolute atomic E-state index is 14.3. The topological polar surface area (TPSA) is 97.6 Å². The average molecular weight is 499 g/mol. The monoisotopic (exact) mass is 498 g/mol. The molecule has 0 N–H and O–H groups in total. The van der Waals surface area contributed by atoms with Crippen LogP contribution in [-0.4, -0.2) is 34.4 Å².